The van der Waals surface area contributed by atoms with Crippen molar-refractivity contribution >= 4 is 5.69 Å². The van der Waals surface area contributed by atoms with Gasteiger partial charge in [-0.25, -0.2) is 0 Å². The zero-order valence-electron chi connectivity index (χ0n) is 12.1. The minimum Gasteiger partial charge on any atom is -0.496 e. The van der Waals surface area contributed by atoms with Crippen molar-refractivity contribution in [3.8, 4) is 5.75 Å². The molecule has 2 aliphatic rings. The Balaban J connectivity index is 1.90. The number of ether oxygens (including phenoxy) is 2. The molecule has 0 saturated carbocycles. The molecule has 3 atom stereocenters. The monoisotopic (exact) mass is 292 g/mol. The van der Waals surface area contributed by atoms with E-state index < -0.39 is 4.92 Å². The van der Waals surface area contributed by atoms with Crippen molar-refractivity contribution in [1.29, 1.82) is 0 Å². The standard InChI is InChI=1S/C15H20N2O4/c1-20-13-5-10(4-11(6-13)17(18)19)7-15(9-16)8-12-2-3-14(15)21-12/h4-6,12,14H,2-3,7-9,16H2,1H3. The molecule has 2 bridgehead atoms. The van der Waals surface area contributed by atoms with Crippen LogP contribution in [0.1, 0.15) is 24.8 Å². The normalized spacial score (nSPS) is 30.6. The Morgan fingerprint density at radius 2 is 2.29 bits per heavy atom. The van der Waals surface area contributed by atoms with Crippen LogP contribution in [0.15, 0.2) is 18.2 Å². The lowest BCUT2D eigenvalue weighted by atomic mass is 9.70. The molecular formula is C15H20N2O4. The lowest BCUT2D eigenvalue weighted by molar-refractivity contribution is -0.385. The van der Waals surface area contributed by atoms with Crippen LogP contribution in [0.5, 0.6) is 5.75 Å². The fraction of sp³-hybridized carbons (Fsp3) is 0.600. The average Bonchev–Trinajstić information content (AvgIpc) is 3.07. The van der Waals surface area contributed by atoms with E-state index in [0.717, 1.165) is 24.8 Å². The topological polar surface area (TPSA) is 87.6 Å². The third kappa shape index (κ3) is 2.49. The molecule has 0 spiro atoms. The molecule has 2 heterocycles. The van der Waals surface area contributed by atoms with Crippen LogP contribution in [0, 0.1) is 15.5 Å². The van der Waals surface area contributed by atoms with Gasteiger partial charge in [0.2, 0.25) is 0 Å². The minimum atomic E-state index is -0.390. The fourth-order valence-corrected chi connectivity index (χ4v) is 3.74. The van der Waals surface area contributed by atoms with Crippen molar-refractivity contribution < 1.29 is 14.4 Å². The number of methoxy groups -OCH3 is 1. The van der Waals surface area contributed by atoms with Gasteiger partial charge in [0.15, 0.2) is 0 Å². The summed E-state index contributed by atoms with van der Waals surface area (Å²) >= 11 is 0. The van der Waals surface area contributed by atoms with Gasteiger partial charge in [-0.05, 0) is 37.3 Å². The molecule has 0 aliphatic carbocycles. The predicted molar refractivity (Wildman–Crippen MR) is 77.4 cm³/mol. The average molecular weight is 292 g/mol. The Bertz CT molecular complexity index is 563. The molecule has 1 aromatic rings. The van der Waals surface area contributed by atoms with Crippen molar-refractivity contribution in [3.63, 3.8) is 0 Å². The molecule has 2 saturated heterocycles. The second-order valence-corrected chi connectivity index (χ2v) is 6.07. The third-order valence-electron chi connectivity index (χ3n) is 4.79. The van der Waals surface area contributed by atoms with Gasteiger partial charge in [0.25, 0.3) is 5.69 Å². The van der Waals surface area contributed by atoms with E-state index >= 15 is 0 Å². The molecule has 21 heavy (non-hydrogen) atoms. The van der Waals surface area contributed by atoms with E-state index in [2.05, 4.69) is 0 Å². The van der Waals surface area contributed by atoms with Crippen LogP contribution in [0.3, 0.4) is 0 Å². The highest BCUT2D eigenvalue weighted by molar-refractivity contribution is 5.43. The molecule has 3 rings (SSSR count). The lowest BCUT2D eigenvalue weighted by Gasteiger charge is -2.34. The number of hydrogen-bond donors (Lipinski definition) is 1. The second kappa shape index (κ2) is 5.27. The minimum absolute atomic E-state index is 0.0561. The van der Waals surface area contributed by atoms with E-state index in [1.165, 1.54) is 13.2 Å². The number of nitro groups is 1. The van der Waals surface area contributed by atoms with Gasteiger partial charge in [-0.1, -0.05) is 0 Å². The van der Waals surface area contributed by atoms with Crippen LogP contribution < -0.4 is 10.5 Å². The number of nitrogens with zero attached hydrogens (tertiary/aromatic N) is 1. The van der Waals surface area contributed by atoms with Gasteiger partial charge in [-0.15, -0.1) is 0 Å². The molecule has 2 aliphatic heterocycles. The summed E-state index contributed by atoms with van der Waals surface area (Å²) < 4.78 is 11.1. The molecule has 6 nitrogen and oxygen atoms in total. The Labute approximate surface area is 123 Å². The molecule has 0 aromatic heterocycles. The molecule has 0 amide bonds. The van der Waals surface area contributed by atoms with Crippen molar-refractivity contribution in [1.82, 2.24) is 0 Å². The first-order valence-electron chi connectivity index (χ1n) is 7.24. The van der Waals surface area contributed by atoms with Crippen LogP contribution in [-0.4, -0.2) is 30.8 Å². The summed E-state index contributed by atoms with van der Waals surface area (Å²) in [5.74, 6) is 0.510. The lowest BCUT2D eigenvalue weighted by Crippen LogP contribution is -2.41. The quantitative estimate of drug-likeness (QED) is 0.663. The number of benzene rings is 1. The van der Waals surface area contributed by atoms with E-state index in [1.807, 2.05) is 6.07 Å². The van der Waals surface area contributed by atoms with Gasteiger partial charge >= 0.3 is 0 Å². The SMILES string of the molecule is COc1cc(CC2(CN)CC3CCC2O3)cc([N+](=O)[O-])c1. The molecule has 6 heteroatoms. The Hall–Kier alpha value is -1.66. The van der Waals surface area contributed by atoms with E-state index in [1.54, 1.807) is 6.07 Å². The first-order chi connectivity index (χ1) is 10.1. The highest BCUT2D eigenvalue weighted by Crippen LogP contribution is 2.49. The number of fused-ring (bicyclic) bond motifs is 2. The van der Waals surface area contributed by atoms with Crippen molar-refractivity contribution in [2.24, 2.45) is 11.1 Å². The maximum absolute atomic E-state index is 11.0. The van der Waals surface area contributed by atoms with Crippen LogP contribution >= 0.6 is 0 Å². The van der Waals surface area contributed by atoms with Crippen molar-refractivity contribution in [2.75, 3.05) is 13.7 Å². The summed E-state index contributed by atoms with van der Waals surface area (Å²) in [7, 11) is 1.52. The predicted octanol–water partition coefficient (Wildman–Crippen LogP) is 2.04. The maximum atomic E-state index is 11.0. The smallest absolute Gasteiger partial charge is 0.273 e. The highest BCUT2D eigenvalue weighted by Gasteiger charge is 2.51. The molecule has 114 valence electrons. The van der Waals surface area contributed by atoms with E-state index in [0.29, 0.717) is 24.8 Å². The molecular weight excluding hydrogens is 272 g/mol. The zero-order valence-corrected chi connectivity index (χ0v) is 12.1. The van der Waals surface area contributed by atoms with Gasteiger partial charge < -0.3 is 15.2 Å². The second-order valence-electron chi connectivity index (χ2n) is 6.07. The van der Waals surface area contributed by atoms with Crippen LogP contribution in [0.25, 0.3) is 0 Å². The summed E-state index contributed by atoms with van der Waals surface area (Å²) in [4.78, 5) is 10.6. The Morgan fingerprint density at radius 1 is 1.48 bits per heavy atom. The largest absolute Gasteiger partial charge is 0.496 e. The number of rotatable bonds is 5. The van der Waals surface area contributed by atoms with Gasteiger partial charge in [-0.2, -0.15) is 0 Å². The van der Waals surface area contributed by atoms with Crippen LogP contribution in [0.2, 0.25) is 0 Å². The zero-order chi connectivity index (χ0) is 15.0. The number of non-ortho nitro benzene ring substituents is 1. The maximum Gasteiger partial charge on any atom is 0.273 e. The Kier molecular flexibility index (Phi) is 3.59. The van der Waals surface area contributed by atoms with E-state index in [-0.39, 0.29) is 17.2 Å². The summed E-state index contributed by atoms with van der Waals surface area (Å²) in [5, 5.41) is 11.0. The molecule has 0 radical (unpaired) electrons. The summed E-state index contributed by atoms with van der Waals surface area (Å²) in [6.07, 6.45) is 4.26. The van der Waals surface area contributed by atoms with Crippen molar-refractivity contribution in [3.05, 3.63) is 33.9 Å². The first-order valence-corrected chi connectivity index (χ1v) is 7.24. The van der Waals surface area contributed by atoms with Gasteiger partial charge in [-0.3, -0.25) is 10.1 Å². The summed E-state index contributed by atoms with van der Waals surface area (Å²) in [5.41, 5.74) is 6.88. The Morgan fingerprint density at radius 3 is 2.81 bits per heavy atom. The van der Waals surface area contributed by atoms with Gasteiger partial charge in [0, 0.05) is 18.0 Å². The van der Waals surface area contributed by atoms with Crippen LogP contribution in [-0.2, 0) is 11.2 Å². The molecule has 3 unspecified atom stereocenters. The van der Waals surface area contributed by atoms with Crippen LogP contribution in [0.4, 0.5) is 5.69 Å². The number of nitro benzene ring substituents is 1. The fourth-order valence-electron chi connectivity index (χ4n) is 3.74. The molecule has 1 aromatic carbocycles. The van der Waals surface area contributed by atoms with Gasteiger partial charge in [0.05, 0.1) is 30.3 Å². The summed E-state index contributed by atoms with van der Waals surface area (Å²) in [6, 6.07) is 4.91. The van der Waals surface area contributed by atoms with Crippen molar-refractivity contribution in [2.45, 2.75) is 37.9 Å². The molecule has 2 N–H and O–H groups in total. The van der Waals surface area contributed by atoms with E-state index in [4.69, 9.17) is 15.2 Å². The highest BCUT2D eigenvalue weighted by atomic mass is 16.6. The van der Waals surface area contributed by atoms with E-state index in [9.17, 15) is 10.1 Å². The first kappa shape index (κ1) is 14.3. The molecule has 2 fully saturated rings. The van der Waals surface area contributed by atoms with Gasteiger partial charge in [0.1, 0.15) is 5.75 Å². The number of hydrogen-bond acceptors (Lipinski definition) is 5. The third-order valence-corrected chi connectivity index (χ3v) is 4.79. The number of nitrogens with two attached hydrogens (primary N) is 1. The summed E-state index contributed by atoms with van der Waals surface area (Å²) in [6.45, 7) is 0.541.